The molecule has 0 spiro atoms. The lowest BCUT2D eigenvalue weighted by Crippen LogP contribution is -2.13. The maximum Gasteiger partial charge on any atom is 0.258 e. The summed E-state index contributed by atoms with van der Waals surface area (Å²) in [6.45, 7) is 4.33. The van der Waals surface area contributed by atoms with Gasteiger partial charge in [0.25, 0.3) is 5.91 Å². The molecule has 2 nitrogen and oxygen atoms in total. The van der Waals surface area contributed by atoms with E-state index in [9.17, 15) is 4.79 Å². The maximum atomic E-state index is 12.3. The van der Waals surface area contributed by atoms with E-state index in [1.54, 1.807) is 18.2 Å². The monoisotopic (exact) mass is 321 g/mol. The number of amides is 1. The number of nitrogens with one attached hydrogen (secondary N) is 1. The van der Waals surface area contributed by atoms with E-state index in [1.807, 2.05) is 24.3 Å². The molecule has 1 unspecified atom stereocenters. The molecule has 0 saturated carbocycles. The van der Waals surface area contributed by atoms with Crippen molar-refractivity contribution in [3.63, 3.8) is 0 Å². The van der Waals surface area contributed by atoms with Gasteiger partial charge >= 0.3 is 0 Å². The van der Waals surface area contributed by atoms with Crippen molar-refractivity contribution in [3.8, 4) is 0 Å². The molecule has 1 atom stereocenters. The maximum absolute atomic E-state index is 12.3. The second kappa shape index (κ2) is 6.97. The molecule has 0 bridgehead atoms. The van der Waals surface area contributed by atoms with Crippen molar-refractivity contribution in [1.29, 1.82) is 0 Å². The van der Waals surface area contributed by atoms with E-state index in [1.165, 1.54) is 5.56 Å². The van der Waals surface area contributed by atoms with E-state index in [-0.39, 0.29) is 5.91 Å². The highest BCUT2D eigenvalue weighted by molar-refractivity contribution is 6.40. The van der Waals surface area contributed by atoms with Gasteiger partial charge in [-0.2, -0.15) is 0 Å². The van der Waals surface area contributed by atoms with Gasteiger partial charge in [-0.3, -0.25) is 4.79 Å². The molecule has 0 saturated heterocycles. The highest BCUT2D eigenvalue weighted by Gasteiger charge is 2.14. The Morgan fingerprint density at radius 1 is 1.10 bits per heavy atom. The van der Waals surface area contributed by atoms with Crippen LogP contribution in [-0.4, -0.2) is 5.91 Å². The Bertz CT molecular complexity index is 617. The molecule has 2 aromatic rings. The second-order valence-electron chi connectivity index (χ2n) is 4.98. The Balaban J connectivity index is 2.16. The number of anilines is 1. The highest BCUT2D eigenvalue weighted by atomic mass is 35.5. The molecule has 1 N–H and O–H groups in total. The van der Waals surface area contributed by atoms with Gasteiger partial charge < -0.3 is 5.32 Å². The van der Waals surface area contributed by atoms with Crippen molar-refractivity contribution in [2.24, 2.45) is 0 Å². The summed E-state index contributed by atoms with van der Waals surface area (Å²) >= 11 is 12.1. The van der Waals surface area contributed by atoms with Crippen LogP contribution in [0, 0.1) is 0 Å². The topological polar surface area (TPSA) is 29.1 Å². The summed E-state index contributed by atoms with van der Waals surface area (Å²) in [7, 11) is 0. The number of carbonyl (C=O) groups is 1. The lowest BCUT2D eigenvalue weighted by molar-refractivity contribution is 0.102. The molecule has 0 heterocycles. The van der Waals surface area contributed by atoms with Crippen LogP contribution in [-0.2, 0) is 0 Å². The van der Waals surface area contributed by atoms with Crippen molar-refractivity contribution in [2.75, 3.05) is 5.32 Å². The molecular weight excluding hydrogens is 305 g/mol. The van der Waals surface area contributed by atoms with Gasteiger partial charge in [-0.05, 0) is 42.2 Å². The molecule has 2 aromatic carbocycles. The van der Waals surface area contributed by atoms with Gasteiger partial charge in [-0.25, -0.2) is 0 Å². The molecule has 0 aliphatic heterocycles. The number of hydrogen-bond donors (Lipinski definition) is 1. The Labute approximate surface area is 135 Å². The summed E-state index contributed by atoms with van der Waals surface area (Å²) in [4.78, 5) is 12.3. The SMILES string of the molecule is CCC(C)c1ccc(NC(=O)c2c(Cl)cccc2Cl)cc1. The molecule has 0 aliphatic rings. The van der Waals surface area contributed by atoms with Crippen LogP contribution in [0.25, 0.3) is 0 Å². The lowest BCUT2D eigenvalue weighted by atomic mass is 9.98. The smallest absolute Gasteiger partial charge is 0.258 e. The molecule has 1 amide bonds. The van der Waals surface area contributed by atoms with E-state index in [0.29, 0.717) is 21.5 Å². The zero-order valence-corrected chi connectivity index (χ0v) is 13.5. The first kappa shape index (κ1) is 15.9. The molecule has 0 aromatic heterocycles. The van der Waals surface area contributed by atoms with Gasteiger partial charge in [0.05, 0.1) is 15.6 Å². The third kappa shape index (κ3) is 3.78. The quantitative estimate of drug-likeness (QED) is 0.762. The second-order valence-corrected chi connectivity index (χ2v) is 5.80. The van der Waals surface area contributed by atoms with E-state index in [2.05, 4.69) is 19.2 Å². The van der Waals surface area contributed by atoms with Crippen LogP contribution >= 0.6 is 23.2 Å². The Hall–Kier alpha value is -1.51. The molecule has 21 heavy (non-hydrogen) atoms. The summed E-state index contributed by atoms with van der Waals surface area (Å²) in [5.74, 6) is 0.203. The third-order valence-electron chi connectivity index (χ3n) is 3.54. The largest absolute Gasteiger partial charge is 0.322 e. The first-order valence-corrected chi connectivity index (χ1v) is 7.63. The standard InChI is InChI=1S/C17H17Cl2NO/c1-3-11(2)12-7-9-13(10-8-12)20-17(21)16-14(18)5-4-6-15(16)19/h4-11H,3H2,1-2H3,(H,20,21). The van der Waals surface area contributed by atoms with Gasteiger partial charge in [0.15, 0.2) is 0 Å². The summed E-state index contributed by atoms with van der Waals surface area (Å²) < 4.78 is 0. The van der Waals surface area contributed by atoms with E-state index in [0.717, 1.165) is 12.1 Å². The molecule has 2 rings (SSSR count). The van der Waals surface area contributed by atoms with Crippen LogP contribution in [0.15, 0.2) is 42.5 Å². The van der Waals surface area contributed by atoms with Crippen molar-refractivity contribution in [1.82, 2.24) is 0 Å². The number of halogens is 2. The Kier molecular flexibility index (Phi) is 5.27. The minimum atomic E-state index is -0.304. The van der Waals surface area contributed by atoms with Gasteiger partial charge in [-0.15, -0.1) is 0 Å². The molecule has 110 valence electrons. The summed E-state index contributed by atoms with van der Waals surface area (Å²) in [6.07, 6.45) is 1.08. The van der Waals surface area contributed by atoms with E-state index < -0.39 is 0 Å². The van der Waals surface area contributed by atoms with Gasteiger partial charge in [-0.1, -0.05) is 55.2 Å². The van der Waals surface area contributed by atoms with Crippen LogP contribution in [0.5, 0.6) is 0 Å². The fourth-order valence-electron chi connectivity index (χ4n) is 2.04. The van der Waals surface area contributed by atoms with Gasteiger partial charge in [0, 0.05) is 5.69 Å². The predicted molar refractivity (Wildman–Crippen MR) is 89.6 cm³/mol. The van der Waals surface area contributed by atoms with Crippen LogP contribution in [0.2, 0.25) is 10.0 Å². The van der Waals surface area contributed by atoms with Crippen molar-refractivity contribution < 1.29 is 4.79 Å². The zero-order valence-electron chi connectivity index (χ0n) is 12.0. The normalized spacial score (nSPS) is 12.0. The van der Waals surface area contributed by atoms with Crippen LogP contribution in [0.1, 0.15) is 42.1 Å². The molecular formula is C17H17Cl2NO. The van der Waals surface area contributed by atoms with E-state index in [4.69, 9.17) is 23.2 Å². The number of rotatable bonds is 4. The fourth-order valence-corrected chi connectivity index (χ4v) is 2.61. The van der Waals surface area contributed by atoms with Gasteiger partial charge in [0.2, 0.25) is 0 Å². The average molecular weight is 322 g/mol. The predicted octanol–water partition coefficient (Wildman–Crippen LogP) is 5.76. The first-order chi connectivity index (χ1) is 10.0. The first-order valence-electron chi connectivity index (χ1n) is 6.88. The minimum absolute atomic E-state index is 0.298. The number of carbonyl (C=O) groups excluding carboxylic acids is 1. The van der Waals surface area contributed by atoms with Crippen LogP contribution in [0.4, 0.5) is 5.69 Å². The summed E-state index contributed by atoms with van der Waals surface area (Å²) in [5.41, 5.74) is 2.28. The molecule has 0 aliphatic carbocycles. The zero-order chi connectivity index (χ0) is 15.4. The van der Waals surface area contributed by atoms with Crippen molar-refractivity contribution in [2.45, 2.75) is 26.2 Å². The molecule has 0 fully saturated rings. The number of hydrogen-bond acceptors (Lipinski definition) is 1. The highest BCUT2D eigenvalue weighted by Crippen LogP contribution is 2.26. The Morgan fingerprint density at radius 2 is 1.67 bits per heavy atom. The van der Waals surface area contributed by atoms with Crippen molar-refractivity contribution >= 4 is 34.8 Å². The average Bonchev–Trinajstić information content (AvgIpc) is 2.47. The van der Waals surface area contributed by atoms with E-state index >= 15 is 0 Å². The molecule has 4 heteroatoms. The fraction of sp³-hybridized carbons (Fsp3) is 0.235. The van der Waals surface area contributed by atoms with Gasteiger partial charge in [0.1, 0.15) is 0 Å². The number of benzene rings is 2. The molecule has 0 radical (unpaired) electrons. The van der Waals surface area contributed by atoms with Crippen LogP contribution < -0.4 is 5.32 Å². The van der Waals surface area contributed by atoms with Crippen molar-refractivity contribution in [3.05, 3.63) is 63.6 Å². The third-order valence-corrected chi connectivity index (χ3v) is 4.17. The van der Waals surface area contributed by atoms with Crippen LogP contribution in [0.3, 0.4) is 0 Å². The Morgan fingerprint density at radius 3 is 2.19 bits per heavy atom. The lowest BCUT2D eigenvalue weighted by Gasteiger charge is -2.11. The minimum Gasteiger partial charge on any atom is -0.322 e. The summed E-state index contributed by atoms with van der Waals surface area (Å²) in [5, 5.41) is 3.50. The summed E-state index contributed by atoms with van der Waals surface area (Å²) in [6, 6.07) is 12.8.